The maximum Gasteiger partial charge on any atom is 0.254 e. The summed E-state index contributed by atoms with van der Waals surface area (Å²) >= 11 is 0. The van der Waals surface area contributed by atoms with E-state index in [4.69, 9.17) is 0 Å². The van der Waals surface area contributed by atoms with E-state index in [2.05, 4.69) is 24.1 Å². The molecule has 1 heterocycles. The molecule has 1 amide bonds. The summed E-state index contributed by atoms with van der Waals surface area (Å²) in [4.78, 5) is 14.4. The third kappa shape index (κ3) is 3.57. The average Bonchev–Trinajstić information content (AvgIpc) is 2.46. The first kappa shape index (κ1) is 15.0. The molecule has 1 aliphatic heterocycles. The second kappa shape index (κ2) is 6.35. The van der Waals surface area contributed by atoms with Gasteiger partial charge in [0.2, 0.25) is 0 Å². The minimum Gasteiger partial charge on any atom is -0.350 e. The molecule has 110 valence electrons. The molecular weight excluding hydrogens is 255 g/mol. The van der Waals surface area contributed by atoms with Gasteiger partial charge >= 0.3 is 0 Å². The van der Waals surface area contributed by atoms with Crippen LogP contribution in [0.5, 0.6) is 0 Å². The molecule has 0 radical (unpaired) electrons. The Morgan fingerprint density at radius 2 is 1.90 bits per heavy atom. The smallest absolute Gasteiger partial charge is 0.254 e. The van der Waals surface area contributed by atoms with Crippen LogP contribution in [0.25, 0.3) is 0 Å². The van der Waals surface area contributed by atoms with Gasteiger partial charge in [-0.3, -0.25) is 9.69 Å². The molecule has 0 aromatic heterocycles. The number of halogens is 1. The van der Waals surface area contributed by atoms with Gasteiger partial charge in [-0.25, -0.2) is 4.39 Å². The molecule has 0 saturated carbocycles. The van der Waals surface area contributed by atoms with E-state index in [1.54, 1.807) is 12.1 Å². The Morgan fingerprint density at radius 3 is 2.55 bits per heavy atom. The van der Waals surface area contributed by atoms with Gasteiger partial charge in [0, 0.05) is 12.1 Å². The molecule has 2 rings (SSSR count). The van der Waals surface area contributed by atoms with Gasteiger partial charge in [-0.2, -0.15) is 0 Å². The summed E-state index contributed by atoms with van der Waals surface area (Å²) < 4.78 is 13.5. The van der Waals surface area contributed by atoms with Gasteiger partial charge in [0.15, 0.2) is 0 Å². The number of piperidine rings is 1. The highest BCUT2D eigenvalue weighted by Crippen LogP contribution is 2.20. The summed E-state index contributed by atoms with van der Waals surface area (Å²) in [6.07, 6.45) is 3.71. The van der Waals surface area contributed by atoms with E-state index in [1.165, 1.54) is 31.4 Å². The highest BCUT2D eigenvalue weighted by molar-refractivity contribution is 5.94. The molecule has 1 aliphatic rings. The normalized spacial score (nSPS) is 16.9. The number of rotatable bonds is 4. The quantitative estimate of drug-likeness (QED) is 0.918. The van der Waals surface area contributed by atoms with Crippen LogP contribution in [-0.4, -0.2) is 36.0 Å². The van der Waals surface area contributed by atoms with Gasteiger partial charge in [0.1, 0.15) is 5.82 Å². The van der Waals surface area contributed by atoms with Crippen molar-refractivity contribution in [2.45, 2.75) is 38.6 Å². The van der Waals surface area contributed by atoms with Crippen LogP contribution >= 0.6 is 0 Å². The summed E-state index contributed by atoms with van der Waals surface area (Å²) in [5, 5.41) is 2.86. The Hall–Kier alpha value is -1.42. The van der Waals surface area contributed by atoms with E-state index in [-0.39, 0.29) is 17.0 Å². The third-order valence-electron chi connectivity index (χ3n) is 4.01. The highest BCUT2D eigenvalue weighted by atomic mass is 19.1. The summed E-state index contributed by atoms with van der Waals surface area (Å²) in [6.45, 7) is 6.92. The molecule has 3 nitrogen and oxygen atoms in total. The Morgan fingerprint density at radius 1 is 1.25 bits per heavy atom. The third-order valence-corrected chi connectivity index (χ3v) is 4.01. The zero-order valence-corrected chi connectivity index (χ0v) is 12.3. The Labute approximate surface area is 120 Å². The fraction of sp³-hybridized carbons (Fsp3) is 0.562. The first-order chi connectivity index (χ1) is 9.50. The summed E-state index contributed by atoms with van der Waals surface area (Å²) in [6, 6.07) is 6.08. The van der Waals surface area contributed by atoms with Crippen molar-refractivity contribution in [3.05, 3.63) is 35.6 Å². The monoisotopic (exact) mass is 278 g/mol. The molecular formula is C16H23FN2O. The van der Waals surface area contributed by atoms with E-state index >= 15 is 0 Å². The molecule has 0 atom stereocenters. The lowest BCUT2D eigenvalue weighted by molar-refractivity contribution is 0.0795. The number of amides is 1. The standard InChI is InChI=1S/C16H23FN2O/c1-16(2,19-10-6-3-7-11-19)12-18-15(20)13-8-4-5-9-14(13)17/h4-5,8-9H,3,6-7,10-12H2,1-2H3,(H,18,20). The molecule has 0 bridgehead atoms. The van der Waals surface area contributed by atoms with Crippen molar-refractivity contribution in [2.24, 2.45) is 0 Å². The lowest BCUT2D eigenvalue weighted by Gasteiger charge is -2.41. The summed E-state index contributed by atoms with van der Waals surface area (Å²) in [5.41, 5.74) is 0.0170. The van der Waals surface area contributed by atoms with Gasteiger partial charge in [-0.1, -0.05) is 18.6 Å². The predicted molar refractivity (Wildman–Crippen MR) is 78.2 cm³/mol. The maximum absolute atomic E-state index is 13.5. The second-order valence-electron chi connectivity index (χ2n) is 6.02. The SMILES string of the molecule is CC(C)(CNC(=O)c1ccccc1F)N1CCCCC1. The molecule has 1 aromatic carbocycles. The van der Waals surface area contributed by atoms with Crippen molar-refractivity contribution in [1.29, 1.82) is 0 Å². The zero-order chi connectivity index (χ0) is 14.6. The summed E-state index contributed by atoms with van der Waals surface area (Å²) in [7, 11) is 0. The number of hydrogen-bond donors (Lipinski definition) is 1. The van der Waals surface area contributed by atoms with Crippen molar-refractivity contribution >= 4 is 5.91 Å². The molecule has 20 heavy (non-hydrogen) atoms. The Bertz CT molecular complexity index is 467. The fourth-order valence-electron chi connectivity index (χ4n) is 2.65. The Kier molecular flexibility index (Phi) is 4.76. The van der Waals surface area contributed by atoms with Gasteiger partial charge in [0.05, 0.1) is 5.56 Å². The molecule has 0 unspecified atom stereocenters. The van der Waals surface area contributed by atoms with Crippen molar-refractivity contribution < 1.29 is 9.18 Å². The number of nitrogens with zero attached hydrogens (tertiary/aromatic N) is 1. The topological polar surface area (TPSA) is 32.3 Å². The molecule has 0 spiro atoms. The first-order valence-electron chi connectivity index (χ1n) is 7.28. The van der Waals surface area contributed by atoms with Crippen LogP contribution in [0.1, 0.15) is 43.5 Å². The molecule has 1 fully saturated rings. The maximum atomic E-state index is 13.5. The lowest BCUT2D eigenvalue weighted by atomic mass is 9.98. The average molecular weight is 278 g/mol. The van der Waals surface area contributed by atoms with Crippen LogP contribution in [0.3, 0.4) is 0 Å². The minimum atomic E-state index is -0.472. The van der Waals surface area contributed by atoms with Crippen LogP contribution in [0.2, 0.25) is 0 Å². The molecule has 1 aromatic rings. The summed E-state index contributed by atoms with van der Waals surface area (Å²) in [5.74, 6) is -0.811. The predicted octanol–water partition coefficient (Wildman–Crippen LogP) is 2.82. The number of carbonyl (C=O) groups is 1. The number of likely N-dealkylation sites (tertiary alicyclic amines) is 1. The van der Waals surface area contributed by atoms with E-state index in [1.807, 2.05) is 0 Å². The number of hydrogen-bond acceptors (Lipinski definition) is 2. The second-order valence-corrected chi connectivity index (χ2v) is 6.02. The van der Waals surface area contributed by atoms with Gasteiger partial charge < -0.3 is 5.32 Å². The van der Waals surface area contributed by atoms with Crippen LogP contribution in [0, 0.1) is 5.82 Å². The van der Waals surface area contributed by atoms with Crippen LogP contribution in [-0.2, 0) is 0 Å². The zero-order valence-electron chi connectivity index (χ0n) is 12.3. The highest BCUT2D eigenvalue weighted by Gasteiger charge is 2.28. The van der Waals surface area contributed by atoms with Crippen molar-refractivity contribution in [3.8, 4) is 0 Å². The van der Waals surface area contributed by atoms with Gasteiger partial charge in [-0.15, -0.1) is 0 Å². The van der Waals surface area contributed by atoms with E-state index < -0.39 is 5.82 Å². The van der Waals surface area contributed by atoms with Crippen LogP contribution in [0.15, 0.2) is 24.3 Å². The van der Waals surface area contributed by atoms with Crippen molar-refractivity contribution in [1.82, 2.24) is 10.2 Å². The van der Waals surface area contributed by atoms with Crippen LogP contribution in [0.4, 0.5) is 4.39 Å². The molecule has 1 saturated heterocycles. The van der Waals surface area contributed by atoms with E-state index in [0.29, 0.717) is 6.54 Å². The fourth-order valence-corrected chi connectivity index (χ4v) is 2.65. The lowest BCUT2D eigenvalue weighted by Crippen LogP contribution is -2.53. The number of benzene rings is 1. The van der Waals surface area contributed by atoms with Gasteiger partial charge in [-0.05, 0) is 51.9 Å². The van der Waals surface area contributed by atoms with Gasteiger partial charge in [0.25, 0.3) is 5.91 Å². The minimum absolute atomic E-state index is 0.0959. The van der Waals surface area contributed by atoms with E-state index in [9.17, 15) is 9.18 Å². The molecule has 4 heteroatoms. The largest absolute Gasteiger partial charge is 0.350 e. The number of nitrogens with one attached hydrogen (secondary N) is 1. The Balaban J connectivity index is 1.94. The number of carbonyl (C=O) groups excluding carboxylic acids is 1. The first-order valence-corrected chi connectivity index (χ1v) is 7.28. The van der Waals surface area contributed by atoms with Crippen molar-refractivity contribution in [3.63, 3.8) is 0 Å². The van der Waals surface area contributed by atoms with Crippen LogP contribution < -0.4 is 5.32 Å². The molecule has 0 aliphatic carbocycles. The van der Waals surface area contributed by atoms with E-state index in [0.717, 1.165) is 13.1 Å². The molecule has 1 N–H and O–H groups in total. The van der Waals surface area contributed by atoms with Crippen molar-refractivity contribution in [2.75, 3.05) is 19.6 Å².